The molecule has 1 fully saturated rings. The molecule has 2 atom stereocenters. The molecule has 1 heterocycles. The average Bonchev–Trinajstić information content (AvgIpc) is 2.48. The molecule has 0 saturated carbocycles. The van der Waals surface area contributed by atoms with E-state index in [1.165, 1.54) is 0 Å². The van der Waals surface area contributed by atoms with Crippen molar-refractivity contribution < 1.29 is 4.79 Å². The number of nitrogens with zero attached hydrogens (tertiary/aromatic N) is 1. The number of hydrogen-bond acceptors (Lipinski definition) is 2. The first-order valence-corrected chi connectivity index (χ1v) is 8.21. The van der Waals surface area contributed by atoms with E-state index in [2.05, 4.69) is 0 Å². The molecule has 0 radical (unpaired) electrons. The topological polar surface area (TPSA) is 46.3 Å². The summed E-state index contributed by atoms with van der Waals surface area (Å²) in [7, 11) is 0. The second-order valence-corrected chi connectivity index (χ2v) is 6.60. The van der Waals surface area contributed by atoms with E-state index < -0.39 is 0 Å². The van der Waals surface area contributed by atoms with Crippen LogP contribution in [0.2, 0.25) is 10.0 Å². The minimum atomic E-state index is 0.142. The quantitative estimate of drug-likeness (QED) is 0.919. The number of aryl methyl sites for hydroxylation is 1. The lowest BCUT2D eigenvalue weighted by atomic mass is 9.92. The van der Waals surface area contributed by atoms with Crippen LogP contribution < -0.4 is 5.73 Å². The first kappa shape index (κ1) is 16.6. The lowest BCUT2D eigenvalue weighted by Gasteiger charge is -2.34. The Balaban J connectivity index is 1.91. The number of halogens is 2. The molecule has 0 unspecified atom stereocenters. The standard InChI is InChI=1S/C16H22Cl2N2O/c1-11(19)13-5-3-9-20(10-13)15(21)8-7-12-4-2-6-14(17)16(12)18/h2,4,6,11,13H,3,5,7-10,19H2,1H3/t11-,13-/m1/s1. The summed E-state index contributed by atoms with van der Waals surface area (Å²) in [6.07, 6.45) is 3.24. The summed E-state index contributed by atoms with van der Waals surface area (Å²) < 4.78 is 0. The molecule has 1 saturated heterocycles. The molecule has 21 heavy (non-hydrogen) atoms. The highest BCUT2D eigenvalue weighted by molar-refractivity contribution is 6.42. The molecule has 1 aromatic carbocycles. The van der Waals surface area contributed by atoms with Gasteiger partial charge in [-0.1, -0.05) is 35.3 Å². The number of nitrogens with two attached hydrogens (primary N) is 1. The van der Waals surface area contributed by atoms with E-state index in [0.717, 1.165) is 31.5 Å². The van der Waals surface area contributed by atoms with Gasteiger partial charge in [0.25, 0.3) is 0 Å². The van der Waals surface area contributed by atoms with Crippen molar-refractivity contribution in [1.82, 2.24) is 4.90 Å². The predicted octanol–water partition coefficient (Wildman–Crippen LogP) is 3.51. The Bertz CT molecular complexity index is 505. The van der Waals surface area contributed by atoms with E-state index in [1.54, 1.807) is 6.07 Å². The van der Waals surface area contributed by atoms with Gasteiger partial charge in [-0.15, -0.1) is 0 Å². The van der Waals surface area contributed by atoms with Crippen LogP contribution in [0.1, 0.15) is 31.7 Å². The smallest absolute Gasteiger partial charge is 0.222 e. The van der Waals surface area contributed by atoms with Gasteiger partial charge in [0.2, 0.25) is 5.91 Å². The van der Waals surface area contributed by atoms with Gasteiger partial charge in [-0.2, -0.15) is 0 Å². The monoisotopic (exact) mass is 328 g/mol. The van der Waals surface area contributed by atoms with Crippen LogP contribution in [0.3, 0.4) is 0 Å². The fraction of sp³-hybridized carbons (Fsp3) is 0.562. The number of carbonyl (C=O) groups excluding carboxylic acids is 1. The van der Waals surface area contributed by atoms with Crippen LogP contribution in [0.4, 0.5) is 0 Å². The second kappa shape index (κ2) is 7.48. The summed E-state index contributed by atoms with van der Waals surface area (Å²) in [6.45, 7) is 3.63. The third kappa shape index (κ3) is 4.35. The maximum Gasteiger partial charge on any atom is 0.222 e. The van der Waals surface area contributed by atoms with Gasteiger partial charge in [0.15, 0.2) is 0 Å². The molecular weight excluding hydrogens is 307 g/mol. The van der Waals surface area contributed by atoms with Crippen molar-refractivity contribution in [2.75, 3.05) is 13.1 Å². The lowest BCUT2D eigenvalue weighted by molar-refractivity contribution is -0.133. The number of likely N-dealkylation sites (tertiary alicyclic amines) is 1. The van der Waals surface area contributed by atoms with Crippen LogP contribution in [0, 0.1) is 5.92 Å². The highest BCUT2D eigenvalue weighted by Gasteiger charge is 2.25. The highest BCUT2D eigenvalue weighted by atomic mass is 35.5. The van der Waals surface area contributed by atoms with Gasteiger partial charge in [0.05, 0.1) is 10.0 Å². The van der Waals surface area contributed by atoms with Crippen LogP contribution in [-0.4, -0.2) is 29.9 Å². The van der Waals surface area contributed by atoms with Crippen LogP contribution in [-0.2, 0) is 11.2 Å². The van der Waals surface area contributed by atoms with Gasteiger partial charge in [-0.3, -0.25) is 4.79 Å². The summed E-state index contributed by atoms with van der Waals surface area (Å²) >= 11 is 12.1. The zero-order valence-corrected chi connectivity index (χ0v) is 13.8. The highest BCUT2D eigenvalue weighted by Crippen LogP contribution is 2.27. The molecular formula is C16H22Cl2N2O. The molecule has 1 amide bonds. The minimum absolute atomic E-state index is 0.142. The van der Waals surface area contributed by atoms with Crippen molar-refractivity contribution >= 4 is 29.1 Å². The molecule has 0 bridgehead atoms. The molecule has 0 spiro atoms. The second-order valence-electron chi connectivity index (χ2n) is 5.81. The molecule has 2 N–H and O–H groups in total. The SMILES string of the molecule is C[C@@H](N)[C@@H]1CCCN(C(=O)CCc2cccc(Cl)c2Cl)C1. The van der Waals surface area contributed by atoms with Gasteiger partial charge in [0, 0.05) is 25.6 Å². The number of rotatable bonds is 4. The number of piperidine rings is 1. The molecule has 5 heteroatoms. The maximum absolute atomic E-state index is 12.3. The minimum Gasteiger partial charge on any atom is -0.342 e. The van der Waals surface area contributed by atoms with Crippen LogP contribution in [0.5, 0.6) is 0 Å². The van der Waals surface area contributed by atoms with Gasteiger partial charge >= 0.3 is 0 Å². The predicted molar refractivity (Wildman–Crippen MR) is 87.7 cm³/mol. The van der Waals surface area contributed by atoms with Gasteiger partial charge in [0.1, 0.15) is 0 Å². The number of hydrogen-bond donors (Lipinski definition) is 1. The first-order chi connectivity index (χ1) is 9.99. The summed E-state index contributed by atoms with van der Waals surface area (Å²) in [5.74, 6) is 0.592. The summed E-state index contributed by atoms with van der Waals surface area (Å²) in [4.78, 5) is 14.3. The first-order valence-electron chi connectivity index (χ1n) is 7.45. The van der Waals surface area contributed by atoms with Crippen LogP contribution in [0.15, 0.2) is 18.2 Å². The van der Waals surface area contributed by atoms with E-state index in [9.17, 15) is 4.79 Å². The van der Waals surface area contributed by atoms with Crippen LogP contribution in [0.25, 0.3) is 0 Å². The van der Waals surface area contributed by atoms with E-state index in [-0.39, 0.29) is 11.9 Å². The molecule has 0 aliphatic carbocycles. The summed E-state index contributed by atoms with van der Waals surface area (Å²) in [5, 5.41) is 1.09. The van der Waals surface area contributed by atoms with Crippen molar-refractivity contribution in [3.05, 3.63) is 33.8 Å². The average molecular weight is 329 g/mol. The fourth-order valence-corrected chi connectivity index (χ4v) is 3.22. The largest absolute Gasteiger partial charge is 0.342 e. The van der Waals surface area contributed by atoms with Crippen LogP contribution >= 0.6 is 23.2 Å². The van der Waals surface area contributed by atoms with Crippen molar-refractivity contribution in [3.63, 3.8) is 0 Å². The van der Waals surface area contributed by atoms with E-state index in [0.29, 0.717) is 28.8 Å². The number of benzene rings is 1. The van der Waals surface area contributed by atoms with Crippen molar-refractivity contribution in [3.8, 4) is 0 Å². The Labute approximate surface area is 136 Å². The lowest BCUT2D eigenvalue weighted by Crippen LogP contribution is -2.45. The number of carbonyl (C=O) groups is 1. The number of amides is 1. The Hall–Kier alpha value is -0.770. The molecule has 3 nitrogen and oxygen atoms in total. The van der Waals surface area contributed by atoms with Gasteiger partial charge in [-0.25, -0.2) is 0 Å². The maximum atomic E-state index is 12.3. The molecule has 1 aromatic rings. The Kier molecular flexibility index (Phi) is 5.91. The fourth-order valence-electron chi connectivity index (χ4n) is 2.81. The molecule has 2 rings (SSSR count). The van der Waals surface area contributed by atoms with E-state index >= 15 is 0 Å². The van der Waals surface area contributed by atoms with Crippen molar-refractivity contribution in [2.24, 2.45) is 11.7 Å². The summed E-state index contributed by atoms with van der Waals surface area (Å²) in [6, 6.07) is 5.68. The summed E-state index contributed by atoms with van der Waals surface area (Å²) in [5.41, 5.74) is 6.89. The zero-order chi connectivity index (χ0) is 15.4. The van der Waals surface area contributed by atoms with Crippen molar-refractivity contribution in [1.29, 1.82) is 0 Å². The third-order valence-corrected chi connectivity index (χ3v) is 5.05. The normalized spacial score (nSPS) is 20.4. The van der Waals surface area contributed by atoms with Gasteiger partial charge < -0.3 is 10.6 Å². The van der Waals surface area contributed by atoms with E-state index in [1.807, 2.05) is 24.0 Å². The molecule has 1 aliphatic rings. The molecule has 1 aliphatic heterocycles. The third-order valence-electron chi connectivity index (χ3n) is 4.19. The Morgan fingerprint density at radius 2 is 2.24 bits per heavy atom. The Morgan fingerprint density at radius 3 is 2.95 bits per heavy atom. The molecule has 0 aromatic heterocycles. The molecule has 116 valence electrons. The van der Waals surface area contributed by atoms with Crippen molar-refractivity contribution in [2.45, 2.75) is 38.6 Å². The van der Waals surface area contributed by atoms with E-state index in [4.69, 9.17) is 28.9 Å². The Morgan fingerprint density at radius 1 is 1.48 bits per heavy atom. The van der Waals surface area contributed by atoms with Gasteiger partial charge in [-0.05, 0) is 43.7 Å². The zero-order valence-electron chi connectivity index (χ0n) is 12.3.